The van der Waals surface area contributed by atoms with E-state index in [-0.39, 0.29) is 17.6 Å². The topological polar surface area (TPSA) is 65.1 Å². The molecule has 0 radical (unpaired) electrons. The first-order valence-electron chi connectivity index (χ1n) is 13.6. The molecule has 5 rings (SSSR count). The third-order valence-electron chi connectivity index (χ3n) is 7.26. The fourth-order valence-corrected chi connectivity index (χ4v) is 4.97. The molecule has 2 aliphatic rings. The summed E-state index contributed by atoms with van der Waals surface area (Å²) in [5, 5.41) is 3.02. The van der Waals surface area contributed by atoms with Crippen molar-refractivity contribution in [1.82, 2.24) is 15.1 Å². The van der Waals surface area contributed by atoms with E-state index < -0.39 is 0 Å². The highest BCUT2D eigenvalue weighted by Gasteiger charge is 2.30. The Labute approximate surface area is 230 Å². The molecule has 1 saturated heterocycles. The van der Waals surface area contributed by atoms with Gasteiger partial charge in [0.25, 0.3) is 11.8 Å². The molecule has 0 aliphatic carbocycles. The molecule has 0 atom stereocenters. The van der Waals surface area contributed by atoms with Crippen LogP contribution in [0.5, 0.6) is 5.75 Å². The molecular weight excluding hydrogens is 488 g/mol. The molecule has 1 N–H and O–H groups in total. The SMILES string of the molecule is Cc1cccc(CN2C(=O)C(=Cc3ccc(C(=O)NCCCN4CCN(C)CC4)cc3)Oc3ccccc32)c1. The van der Waals surface area contributed by atoms with Crippen LogP contribution in [0.1, 0.15) is 33.5 Å². The van der Waals surface area contributed by atoms with E-state index in [2.05, 4.69) is 28.2 Å². The summed E-state index contributed by atoms with van der Waals surface area (Å²) in [6.45, 7) is 8.51. The van der Waals surface area contributed by atoms with E-state index >= 15 is 0 Å². The highest BCUT2D eigenvalue weighted by Crippen LogP contribution is 2.36. The zero-order valence-corrected chi connectivity index (χ0v) is 22.7. The van der Waals surface area contributed by atoms with Crippen molar-refractivity contribution in [2.45, 2.75) is 19.9 Å². The Morgan fingerprint density at radius 3 is 2.51 bits per heavy atom. The van der Waals surface area contributed by atoms with Gasteiger partial charge in [-0.3, -0.25) is 14.5 Å². The number of amides is 2. The van der Waals surface area contributed by atoms with Crippen LogP contribution in [-0.4, -0.2) is 67.9 Å². The second-order valence-corrected chi connectivity index (χ2v) is 10.3. The number of carbonyl (C=O) groups excluding carboxylic acids is 2. The number of carbonyl (C=O) groups is 2. The number of ether oxygens (including phenoxy) is 1. The summed E-state index contributed by atoms with van der Waals surface area (Å²) in [5.41, 5.74) is 4.34. The van der Waals surface area contributed by atoms with Crippen molar-refractivity contribution in [3.05, 3.63) is 101 Å². The van der Waals surface area contributed by atoms with Gasteiger partial charge in [-0.15, -0.1) is 0 Å². The van der Waals surface area contributed by atoms with Gasteiger partial charge in [-0.2, -0.15) is 0 Å². The highest BCUT2D eigenvalue weighted by atomic mass is 16.5. The monoisotopic (exact) mass is 524 g/mol. The van der Waals surface area contributed by atoms with Gasteiger partial charge in [0.2, 0.25) is 0 Å². The minimum absolute atomic E-state index is 0.0872. The molecule has 0 saturated carbocycles. The summed E-state index contributed by atoms with van der Waals surface area (Å²) < 4.78 is 6.02. The summed E-state index contributed by atoms with van der Waals surface area (Å²) in [6, 6.07) is 23.0. The number of likely N-dealkylation sites (N-methyl/N-ethyl adjacent to an activating group) is 1. The molecule has 1 fully saturated rings. The van der Waals surface area contributed by atoms with Crippen LogP contribution in [0.4, 0.5) is 5.69 Å². The number of aryl methyl sites for hydroxylation is 1. The van der Waals surface area contributed by atoms with E-state index in [9.17, 15) is 9.59 Å². The number of benzene rings is 3. The van der Waals surface area contributed by atoms with Crippen LogP contribution in [0.3, 0.4) is 0 Å². The molecule has 0 unspecified atom stereocenters. The first-order valence-corrected chi connectivity index (χ1v) is 13.6. The van der Waals surface area contributed by atoms with Crippen LogP contribution in [-0.2, 0) is 11.3 Å². The maximum atomic E-state index is 13.5. The largest absolute Gasteiger partial charge is 0.449 e. The van der Waals surface area contributed by atoms with Gasteiger partial charge < -0.3 is 19.9 Å². The normalized spacial score (nSPS) is 17.1. The van der Waals surface area contributed by atoms with E-state index in [1.54, 1.807) is 23.1 Å². The molecule has 2 amide bonds. The third kappa shape index (κ3) is 6.74. The van der Waals surface area contributed by atoms with Gasteiger partial charge in [0, 0.05) is 38.3 Å². The number of hydrogen-bond acceptors (Lipinski definition) is 5. The molecule has 0 bridgehead atoms. The minimum atomic E-state index is -0.197. The van der Waals surface area contributed by atoms with E-state index in [1.807, 2.05) is 61.5 Å². The van der Waals surface area contributed by atoms with Gasteiger partial charge in [-0.1, -0.05) is 54.1 Å². The van der Waals surface area contributed by atoms with Crippen LogP contribution in [0.25, 0.3) is 6.08 Å². The molecule has 3 aromatic rings. The number of hydrogen-bond donors (Lipinski definition) is 1. The lowest BCUT2D eigenvalue weighted by atomic mass is 10.1. The van der Waals surface area contributed by atoms with Crippen molar-refractivity contribution in [2.75, 3.05) is 51.2 Å². The summed E-state index contributed by atoms with van der Waals surface area (Å²) in [7, 11) is 2.15. The maximum Gasteiger partial charge on any atom is 0.294 e. The molecule has 2 heterocycles. The molecule has 39 heavy (non-hydrogen) atoms. The van der Waals surface area contributed by atoms with E-state index in [0.717, 1.165) is 61.5 Å². The molecule has 0 spiro atoms. The lowest BCUT2D eigenvalue weighted by molar-refractivity contribution is -0.117. The highest BCUT2D eigenvalue weighted by molar-refractivity contribution is 6.09. The summed E-state index contributed by atoms with van der Waals surface area (Å²) >= 11 is 0. The van der Waals surface area contributed by atoms with Crippen LogP contribution >= 0.6 is 0 Å². The molecule has 202 valence electrons. The number of nitrogens with zero attached hydrogens (tertiary/aromatic N) is 3. The van der Waals surface area contributed by atoms with Crippen LogP contribution in [0, 0.1) is 6.92 Å². The summed E-state index contributed by atoms with van der Waals surface area (Å²) in [4.78, 5) is 32.7. The van der Waals surface area contributed by atoms with Crippen LogP contribution < -0.4 is 15.0 Å². The summed E-state index contributed by atoms with van der Waals surface area (Å²) in [5.74, 6) is 0.610. The molecule has 2 aliphatic heterocycles. The standard InChI is InChI=1S/C32H36N4O3/c1-24-7-5-8-26(21-24)23-36-28-9-3-4-10-29(28)39-30(32(36)38)22-25-11-13-27(14-12-25)31(37)33-15-6-16-35-19-17-34(2)18-20-35/h3-5,7-14,21-22H,6,15-20,23H2,1-2H3,(H,33,37). The lowest BCUT2D eigenvalue weighted by Crippen LogP contribution is -2.45. The lowest BCUT2D eigenvalue weighted by Gasteiger charge is -2.32. The molecule has 0 aromatic heterocycles. The maximum absolute atomic E-state index is 13.5. The van der Waals surface area contributed by atoms with Crippen LogP contribution in [0.15, 0.2) is 78.6 Å². The first-order chi connectivity index (χ1) is 19.0. The van der Waals surface area contributed by atoms with E-state index in [1.165, 1.54) is 0 Å². The Morgan fingerprint density at radius 1 is 0.974 bits per heavy atom. The Hall–Kier alpha value is -3.94. The quantitative estimate of drug-likeness (QED) is 0.351. The second-order valence-electron chi connectivity index (χ2n) is 10.3. The van der Waals surface area contributed by atoms with Crippen molar-refractivity contribution >= 4 is 23.6 Å². The van der Waals surface area contributed by atoms with Crippen molar-refractivity contribution in [3.8, 4) is 5.75 Å². The number of fused-ring (bicyclic) bond motifs is 1. The van der Waals surface area contributed by atoms with Gasteiger partial charge in [0.1, 0.15) is 0 Å². The van der Waals surface area contributed by atoms with Crippen molar-refractivity contribution in [3.63, 3.8) is 0 Å². The smallest absolute Gasteiger partial charge is 0.294 e. The minimum Gasteiger partial charge on any atom is -0.449 e. The zero-order valence-electron chi connectivity index (χ0n) is 22.7. The van der Waals surface area contributed by atoms with Gasteiger partial charge in [-0.05, 0) is 68.4 Å². The number of nitrogens with one attached hydrogen (secondary N) is 1. The van der Waals surface area contributed by atoms with Gasteiger partial charge in [-0.25, -0.2) is 0 Å². The van der Waals surface area contributed by atoms with E-state index in [0.29, 0.717) is 24.4 Å². The Bertz CT molecular complexity index is 1340. The van der Waals surface area contributed by atoms with E-state index in [4.69, 9.17) is 4.74 Å². The first kappa shape index (κ1) is 26.7. The van der Waals surface area contributed by atoms with Gasteiger partial charge in [0.15, 0.2) is 11.5 Å². The second kappa shape index (κ2) is 12.3. The molecular formula is C32H36N4O3. The molecule has 7 heteroatoms. The average molecular weight is 525 g/mol. The Kier molecular flexibility index (Phi) is 8.39. The van der Waals surface area contributed by atoms with Crippen molar-refractivity contribution in [2.24, 2.45) is 0 Å². The van der Waals surface area contributed by atoms with Gasteiger partial charge in [0.05, 0.1) is 12.2 Å². The number of piperazine rings is 1. The third-order valence-corrected chi connectivity index (χ3v) is 7.26. The van der Waals surface area contributed by atoms with Crippen LogP contribution in [0.2, 0.25) is 0 Å². The Balaban J connectivity index is 1.22. The predicted octanol–water partition coefficient (Wildman–Crippen LogP) is 4.33. The van der Waals surface area contributed by atoms with Gasteiger partial charge >= 0.3 is 0 Å². The predicted molar refractivity (Wildman–Crippen MR) is 155 cm³/mol. The average Bonchev–Trinajstić information content (AvgIpc) is 2.94. The molecule has 7 nitrogen and oxygen atoms in total. The van der Waals surface area contributed by atoms with Crippen molar-refractivity contribution in [1.29, 1.82) is 0 Å². The zero-order chi connectivity index (χ0) is 27.2. The molecule has 3 aromatic carbocycles. The number of anilines is 1. The fraction of sp³-hybridized carbons (Fsp3) is 0.312. The Morgan fingerprint density at radius 2 is 1.74 bits per heavy atom. The number of rotatable bonds is 8. The van der Waals surface area contributed by atoms with Crippen molar-refractivity contribution < 1.29 is 14.3 Å². The summed E-state index contributed by atoms with van der Waals surface area (Å²) in [6.07, 6.45) is 2.67. The number of para-hydroxylation sites is 2. The fourth-order valence-electron chi connectivity index (χ4n) is 4.97.